The van der Waals surface area contributed by atoms with Gasteiger partial charge in [0.25, 0.3) is 11.8 Å². The molecule has 1 fully saturated rings. The molecular formula is C20H17N3O7. The third-order valence-corrected chi connectivity index (χ3v) is 4.25. The summed E-state index contributed by atoms with van der Waals surface area (Å²) in [5.74, 6) is -2.31. The molecule has 1 heterocycles. The largest absolute Gasteiger partial charge is 0.471 e. The normalized spacial score (nSPS) is 15.7. The van der Waals surface area contributed by atoms with E-state index in [1.807, 2.05) is 0 Å². The number of methoxy groups -OCH3 is 1. The Bertz CT molecular complexity index is 1050. The molecule has 2 aromatic carbocycles. The number of hydrogen-bond acceptors (Lipinski definition) is 7. The molecule has 0 unspecified atom stereocenters. The maximum Gasteiger partial charge on any atom is 0.346 e. The highest BCUT2D eigenvalue weighted by Gasteiger charge is 2.35. The number of benzene rings is 2. The second-order valence-electron chi connectivity index (χ2n) is 6.21. The molecule has 1 N–H and O–H groups in total. The van der Waals surface area contributed by atoms with Crippen molar-refractivity contribution in [1.82, 2.24) is 5.43 Å². The standard InChI is InChI=1S/C20H17N3O7/c1-12(20(26)29-2)30-17-13(7-6-10-16(17)23(27)28)11-15-18(24)21-22(19(15)25)14-8-4-3-5-9-14/h3-12H,1-2H3,(H,21,24)/b15-11-/t12-/m0/s1. The van der Waals surface area contributed by atoms with Crippen LogP contribution < -0.4 is 15.2 Å². The van der Waals surface area contributed by atoms with Crippen molar-refractivity contribution in [3.8, 4) is 5.75 Å². The van der Waals surface area contributed by atoms with E-state index in [9.17, 15) is 24.5 Å². The van der Waals surface area contributed by atoms with Gasteiger partial charge in [-0.25, -0.2) is 9.80 Å². The van der Waals surface area contributed by atoms with Crippen LogP contribution in [0.2, 0.25) is 0 Å². The van der Waals surface area contributed by atoms with Crippen LogP contribution in [0.4, 0.5) is 11.4 Å². The summed E-state index contributed by atoms with van der Waals surface area (Å²) >= 11 is 0. The number of amides is 2. The lowest BCUT2D eigenvalue weighted by Crippen LogP contribution is -2.35. The van der Waals surface area contributed by atoms with Crippen molar-refractivity contribution in [2.24, 2.45) is 0 Å². The maximum atomic E-state index is 12.8. The van der Waals surface area contributed by atoms with Gasteiger partial charge in [0.1, 0.15) is 5.57 Å². The number of carbonyl (C=O) groups excluding carboxylic acids is 3. The second kappa shape index (κ2) is 8.43. The Hall–Kier alpha value is -4.21. The van der Waals surface area contributed by atoms with Crippen LogP contribution in [0.3, 0.4) is 0 Å². The zero-order chi connectivity index (χ0) is 21.8. The van der Waals surface area contributed by atoms with Crippen molar-refractivity contribution in [2.45, 2.75) is 13.0 Å². The molecule has 0 spiro atoms. The quantitative estimate of drug-likeness (QED) is 0.253. The number of para-hydroxylation sites is 2. The van der Waals surface area contributed by atoms with Gasteiger partial charge in [-0.15, -0.1) is 0 Å². The summed E-state index contributed by atoms with van der Waals surface area (Å²) in [7, 11) is 1.16. The molecule has 3 rings (SSSR count). The molecule has 1 aliphatic heterocycles. The van der Waals surface area contributed by atoms with Crippen LogP contribution in [0.15, 0.2) is 54.1 Å². The molecular weight excluding hydrogens is 394 g/mol. The number of ether oxygens (including phenoxy) is 2. The number of nitrogens with one attached hydrogen (secondary N) is 1. The number of hydrogen-bond donors (Lipinski definition) is 1. The predicted octanol–water partition coefficient (Wildman–Crippen LogP) is 2.00. The fourth-order valence-corrected chi connectivity index (χ4v) is 2.79. The smallest absolute Gasteiger partial charge is 0.346 e. The molecule has 0 aliphatic carbocycles. The number of hydrazine groups is 1. The third-order valence-electron chi connectivity index (χ3n) is 4.25. The summed E-state index contributed by atoms with van der Waals surface area (Å²) in [6.07, 6.45) is 0.0367. The van der Waals surface area contributed by atoms with E-state index in [1.165, 1.54) is 31.2 Å². The van der Waals surface area contributed by atoms with E-state index in [-0.39, 0.29) is 16.9 Å². The van der Waals surface area contributed by atoms with E-state index in [0.29, 0.717) is 5.69 Å². The number of nitro groups is 1. The first-order valence-corrected chi connectivity index (χ1v) is 8.77. The van der Waals surface area contributed by atoms with Gasteiger partial charge in [-0.05, 0) is 25.1 Å². The van der Waals surface area contributed by atoms with Gasteiger partial charge in [0, 0.05) is 11.6 Å². The lowest BCUT2D eigenvalue weighted by molar-refractivity contribution is -0.386. The third kappa shape index (κ3) is 3.97. The molecule has 1 saturated heterocycles. The minimum Gasteiger partial charge on any atom is -0.471 e. The minimum atomic E-state index is -1.15. The molecule has 0 saturated carbocycles. The Morgan fingerprint density at radius 2 is 1.87 bits per heavy atom. The van der Waals surface area contributed by atoms with Gasteiger partial charge >= 0.3 is 11.7 Å². The van der Waals surface area contributed by atoms with Gasteiger partial charge in [0.15, 0.2) is 6.10 Å². The SMILES string of the molecule is COC(=O)[C@H](C)Oc1c(/C=C2/C(=O)NN(c3ccccc3)C2=O)cccc1[N+](=O)[O-]. The van der Waals surface area contributed by atoms with Gasteiger partial charge in [-0.3, -0.25) is 25.1 Å². The fourth-order valence-electron chi connectivity index (χ4n) is 2.79. The second-order valence-corrected chi connectivity index (χ2v) is 6.21. The van der Waals surface area contributed by atoms with Crippen molar-refractivity contribution in [3.63, 3.8) is 0 Å². The first-order valence-electron chi connectivity index (χ1n) is 8.77. The lowest BCUT2D eigenvalue weighted by atomic mass is 10.1. The Balaban J connectivity index is 2.03. The first-order chi connectivity index (χ1) is 14.3. The number of carbonyl (C=O) groups is 3. The number of rotatable bonds is 6. The topological polar surface area (TPSA) is 128 Å². The van der Waals surface area contributed by atoms with Crippen molar-refractivity contribution in [3.05, 3.63) is 69.8 Å². The Morgan fingerprint density at radius 1 is 1.17 bits per heavy atom. The van der Waals surface area contributed by atoms with Crippen molar-refractivity contribution >= 4 is 35.2 Å². The van der Waals surface area contributed by atoms with Crippen LogP contribution in [0, 0.1) is 10.1 Å². The zero-order valence-corrected chi connectivity index (χ0v) is 16.0. The van der Waals surface area contributed by atoms with Crippen molar-refractivity contribution < 1.29 is 28.8 Å². The van der Waals surface area contributed by atoms with Crippen LogP contribution in [-0.4, -0.2) is 35.9 Å². The van der Waals surface area contributed by atoms with Gasteiger partial charge in [0.05, 0.1) is 17.7 Å². The summed E-state index contributed by atoms with van der Waals surface area (Å²) in [5, 5.41) is 12.5. The zero-order valence-electron chi connectivity index (χ0n) is 16.0. The van der Waals surface area contributed by atoms with Gasteiger partial charge < -0.3 is 9.47 Å². The molecule has 1 atom stereocenters. The monoisotopic (exact) mass is 411 g/mol. The lowest BCUT2D eigenvalue weighted by Gasteiger charge is -2.15. The molecule has 1 aliphatic rings. The number of nitrogens with zero attached hydrogens (tertiary/aromatic N) is 2. The van der Waals surface area contributed by atoms with E-state index in [1.54, 1.807) is 30.3 Å². The predicted molar refractivity (Wildman–Crippen MR) is 105 cm³/mol. The molecule has 10 nitrogen and oxygen atoms in total. The summed E-state index contributed by atoms with van der Waals surface area (Å²) in [6, 6.07) is 12.5. The van der Waals surface area contributed by atoms with E-state index in [4.69, 9.17) is 4.74 Å². The van der Waals surface area contributed by atoms with Crippen LogP contribution in [-0.2, 0) is 19.1 Å². The van der Waals surface area contributed by atoms with E-state index >= 15 is 0 Å². The van der Waals surface area contributed by atoms with Gasteiger partial charge in [0.2, 0.25) is 5.75 Å². The fraction of sp³-hybridized carbons (Fsp3) is 0.150. The van der Waals surface area contributed by atoms with Gasteiger partial charge in [-0.1, -0.05) is 30.3 Å². The highest BCUT2D eigenvalue weighted by molar-refractivity contribution is 6.31. The molecule has 10 heteroatoms. The van der Waals surface area contributed by atoms with Crippen molar-refractivity contribution in [2.75, 3.05) is 12.1 Å². The van der Waals surface area contributed by atoms with E-state index < -0.39 is 34.5 Å². The Labute approximate surface area is 170 Å². The Kier molecular flexibility index (Phi) is 5.77. The van der Waals surface area contributed by atoms with Crippen LogP contribution in [0.5, 0.6) is 5.75 Å². The molecule has 30 heavy (non-hydrogen) atoms. The van der Waals surface area contributed by atoms with Gasteiger partial charge in [-0.2, -0.15) is 0 Å². The summed E-state index contributed by atoms with van der Waals surface area (Å²) < 4.78 is 10.0. The van der Waals surface area contributed by atoms with Crippen LogP contribution in [0.25, 0.3) is 6.08 Å². The first kappa shape index (κ1) is 20.5. The number of esters is 1. The number of anilines is 1. The van der Waals surface area contributed by atoms with Crippen LogP contribution >= 0.6 is 0 Å². The molecule has 2 aromatic rings. The summed E-state index contributed by atoms with van der Waals surface area (Å²) in [6.45, 7) is 1.37. The molecule has 2 amide bonds. The molecule has 0 radical (unpaired) electrons. The number of nitro benzene ring substituents is 1. The highest BCUT2D eigenvalue weighted by atomic mass is 16.6. The Morgan fingerprint density at radius 3 is 2.50 bits per heavy atom. The summed E-state index contributed by atoms with van der Waals surface area (Å²) in [5.41, 5.74) is 2.32. The highest BCUT2D eigenvalue weighted by Crippen LogP contribution is 2.34. The average molecular weight is 411 g/mol. The average Bonchev–Trinajstić information content (AvgIpc) is 3.02. The van der Waals surface area contributed by atoms with Crippen molar-refractivity contribution in [1.29, 1.82) is 0 Å². The van der Waals surface area contributed by atoms with E-state index in [0.717, 1.165) is 12.1 Å². The van der Waals surface area contributed by atoms with E-state index in [2.05, 4.69) is 10.2 Å². The molecule has 154 valence electrons. The minimum absolute atomic E-state index is 0.0911. The maximum absolute atomic E-state index is 12.8. The van der Waals surface area contributed by atoms with Crippen LogP contribution in [0.1, 0.15) is 12.5 Å². The molecule has 0 bridgehead atoms. The molecule has 0 aromatic heterocycles. The summed E-state index contributed by atoms with van der Waals surface area (Å²) in [4.78, 5) is 47.6.